The molecule has 0 aliphatic carbocycles. The standard InChI is InChI=1S/C22H18ClN3O/c23-18-8-6-15(7-9-18)21-14-26(13-19-3-1-2-10-25-19)12-17-5-4-16(22(24)27)11-20(17)21/h1-11,14H,12-13H2,(H2,24,27). The van der Waals surface area contributed by atoms with Crippen LogP contribution in [0.25, 0.3) is 5.57 Å². The van der Waals surface area contributed by atoms with Gasteiger partial charge in [-0.25, -0.2) is 0 Å². The van der Waals surface area contributed by atoms with Crippen molar-refractivity contribution in [3.05, 3.63) is 106 Å². The number of halogens is 1. The first-order chi connectivity index (χ1) is 13.1. The minimum atomic E-state index is -0.427. The van der Waals surface area contributed by atoms with Gasteiger partial charge in [-0.1, -0.05) is 35.9 Å². The summed E-state index contributed by atoms with van der Waals surface area (Å²) >= 11 is 6.05. The lowest BCUT2D eigenvalue weighted by Gasteiger charge is -2.29. The van der Waals surface area contributed by atoms with E-state index in [4.69, 9.17) is 17.3 Å². The van der Waals surface area contributed by atoms with E-state index in [1.807, 2.05) is 54.6 Å². The molecule has 0 radical (unpaired) electrons. The van der Waals surface area contributed by atoms with Crippen molar-refractivity contribution in [1.29, 1.82) is 0 Å². The third-order valence-electron chi connectivity index (χ3n) is 4.62. The van der Waals surface area contributed by atoms with Crippen LogP contribution >= 0.6 is 11.6 Å². The Morgan fingerprint density at radius 3 is 2.63 bits per heavy atom. The molecule has 0 bridgehead atoms. The zero-order chi connectivity index (χ0) is 18.8. The molecule has 2 heterocycles. The molecule has 0 unspecified atom stereocenters. The molecule has 0 spiro atoms. The predicted octanol–water partition coefficient (Wildman–Crippen LogP) is 4.24. The highest BCUT2D eigenvalue weighted by atomic mass is 35.5. The first-order valence-electron chi connectivity index (χ1n) is 8.65. The Balaban J connectivity index is 1.78. The molecule has 0 atom stereocenters. The van der Waals surface area contributed by atoms with Crippen molar-refractivity contribution in [3.8, 4) is 0 Å². The number of rotatable bonds is 4. The van der Waals surface area contributed by atoms with E-state index in [0.29, 0.717) is 17.1 Å². The molecule has 0 saturated carbocycles. The van der Waals surface area contributed by atoms with Gasteiger partial charge < -0.3 is 10.6 Å². The van der Waals surface area contributed by atoms with Crippen LogP contribution in [0.2, 0.25) is 5.02 Å². The fourth-order valence-electron chi connectivity index (χ4n) is 3.30. The number of nitrogens with zero attached hydrogens (tertiary/aromatic N) is 2. The molecule has 1 amide bonds. The summed E-state index contributed by atoms with van der Waals surface area (Å²) < 4.78 is 0. The van der Waals surface area contributed by atoms with E-state index in [2.05, 4.69) is 16.1 Å². The molecule has 4 nitrogen and oxygen atoms in total. The van der Waals surface area contributed by atoms with Crippen LogP contribution in [0.1, 0.15) is 32.7 Å². The zero-order valence-corrected chi connectivity index (χ0v) is 15.4. The summed E-state index contributed by atoms with van der Waals surface area (Å²) in [5.41, 5.74) is 11.2. The fraction of sp³-hybridized carbons (Fsp3) is 0.0909. The zero-order valence-electron chi connectivity index (χ0n) is 14.6. The SMILES string of the molecule is NC(=O)c1ccc2c(c1)C(c1ccc(Cl)cc1)=CN(Cc1ccccn1)C2. The van der Waals surface area contributed by atoms with E-state index in [1.54, 1.807) is 12.3 Å². The molecule has 0 fully saturated rings. The van der Waals surface area contributed by atoms with E-state index < -0.39 is 5.91 Å². The molecule has 0 saturated heterocycles. The van der Waals surface area contributed by atoms with Crippen molar-refractivity contribution in [2.45, 2.75) is 13.1 Å². The number of hydrogen-bond donors (Lipinski definition) is 1. The number of primary amides is 1. The average Bonchev–Trinajstić information content (AvgIpc) is 2.68. The van der Waals surface area contributed by atoms with Crippen LogP contribution in [0.15, 0.2) is 73.1 Å². The van der Waals surface area contributed by atoms with Gasteiger partial charge in [0.05, 0.1) is 12.2 Å². The molecule has 1 aliphatic rings. The fourth-order valence-corrected chi connectivity index (χ4v) is 3.42. The quantitative estimate of drug-likeness (QED) is 0.742. The molecule has 3 aromatic rings. The Morgan fingerprint density at radius 2 is 1.93 bits per heavy atom. The summed E-state index contributed by atoms with van der Waals surface area (Å²) in [4.78, 5) is 18.3. The Labute approximate surface area is 162 Å². The average molecular weight is 376 g/mol. The maximum atomic E-state index is 11.6. The molecule has 4 rings (SSSR count). The van der Waals surface area contributed by atoms with E-state index in [1.165, 1.54) is 0 Å². The lowest BCUT2D eigenvalue weighted by molar-refractivity contribution is 0.1000. The van der Waals surface area contributed by atoms with Crippen LogP contribution in [0.5, 0.6) is 0 Å². The highest BCUT2D eigenvalue weighted by Gasteiger charge is 2.20. The van der Waals surface area contributed by atoms with E-state index in [0.717, 1.165) is 34.5 Å². The van der Waals surface area contributed by atoms with Gasteiger partial charge in [-0.05, 0) is 53.1 Å². The second kappa shape index (κ2) is 7.25. The highest BCUT2D eigenvalue weighted by Crippen LogP contribution is 2.33. The number of aromatic nitrogens is 1. The number of amides is 1. The Morgan fingerprint density at radius 1 is 1.11 bits per heavy atom. The minimum absolute atomic E-state index is 0.427. The summed E-state index contributed by atoms with van der Waals surface area (Å²) in [5.74, 6) is -0.427. The van der Waals surface area contributed by atoms with E-state index >= 15 is 0 Å². The normalized spacial score (nSPS) is 13.1. The molecule has 5 heteroatoms. The number of nitrogens with two attached hydrogens (primary N) is 1. The van der Waals surface area contributed by atoms with Crippen LogP contribution in [0.3, 0.4) is 0 Å². The van der Waals surface area contributed by atoms with Crippen molar-refractivity contribution in [2.24, 2.45) is 5.73 Å². The Kier molecular flexibility index (Phi) is 4.65. The van der Waals surface area contributed by atoms with Gasteiger partial charge in [0, 0.05) is 35.1 Å². The number of benzene rings is 2. The maximum absolute atomic E-state index is 11.6. The van der Waals surface area contributed by atoms with Crippen molar-refractivity contribution in [2.75, 3.05) is 0 Å². The molecule has 2 aromatic carbocycles. The molecule has 2 N–H and O–H groups in total. The first kappa shape index (κ1) is 17.3. The molecule has 1 aromatic heterocycles. The predicted molar refractivity (Wildman–Crippen MR) is 107 cm³/mol. The summed E-state index contributed by atoms with van der Waals surface area (Å²) in [7, 11) is 0. The summed E-state index contributed by atoms with van der Waals surface area (Å²) in [5, 5.41) is 0.687. The molecule has 27 heavy (non-hydrogen) atoms. The lowest BCUT2D eigenvalue weighted by atomic mass is 9.90. The van der Waals surface area contributed by atoms with Gasteiger partial charge in [0.1, 0.15) is 0 Å². The summed E-state index contributed by atoms with van der Waals surface area (Å²) in [6.07, 6.45) is 3.92. The lowest BCUT2D eigenvalue weighted by Crippen LogP contribution is -2.23. The second-order valence-electron chi connectivity index (χ2n) is 6.51. The van der Waals surface area contributed by atoms with Gasteiger partial charge in [-0.15, -0.1) is 0 Å². The first-order valence-corrected chi connectivity index (χ1v) is 9.03. The monoisotopic (exact) mass is 375 g/mol. The number of hydrogen-bond acceptors (Lipinski definition) is 3. The van der Waals surface area contributed by atoms with Gasteiger partial charge in [-0.3, -0.25) is 9.78 Å². The Bertz CT molecular complexity index is 1010. The van der Waals surface area contributed by atoms with Crippen molar-refractivity contribution < 1.29 is 4.79 Å². The van der Waals surface area contributed by atoms with Gasteiger partial charge >= 0.3 is 0 Å². The van der Waals surface area contributed by atoms with Crippen molar-refractivity contribution in [1.82, 2.24) is 9.88 Å². The molecular formula is C22H18ClN3O. The van der Waals surface area contributed by atoms with Crippen molar-refractivity contribution >= 4 is 23.1 Å². The number of pyridine rings is 1. The minimum Gasteiger partial charge on any atom is -0.367 e. The molecule has 1 aliphatic heterocycles. The van der Waals surface area contributed by atoms with Crippen molar-refractivity contribution in [3.63, 3.8) is 0 Å². The van der Waals surface area contributed by atoms with Gasteiger partial charge in [-0.2, -0.15) is 0 Å². The van der Waals surface area contributed by atoms with E-state index in [-0.39, 0.29) is 0 Å². The maximum Gasteiger partial charge on any atom is 0.248 e. The van der Waals surface area contributed by atoms with Gasteiger partial charge in [0.25, 0.3) is 0 Å². The van der Waals surface area contributed by atoms with Crippen LogP contribution in [-0.4, -0.2) is 15.8 Å². The molecule has 134 valence electrons. The summed E-state index contributed by atoms with van der Waals surface area (Å²) in [6, 6.07) is 19.3. The number of carbonyl (C=O) groups is 1. The topological polar surface area (TPSA) is 59.2 Å². The molecular weight excluding hydrogens is 358 g/mol. The summed E-state index contributed by atoms with van der Waals surface area (Å²) in [6.45, 7) is 1.44. The third-order valence-corrected chi connectivity index (χ3v) is 4.87. The van der Waals surface area contributed by atoms with Crippen LogP contribution in [0, 0.1) is 0 Å². The number of fused-ring (bicyclic) bond motifs is 1. The van der Waals surface area contributed by atoms with Crippen LogP contribution in [0.4, 0.5) is 0 Å². The van der Waals surface area contributed by atoms with Gasteiger partial charge in [0.2, 0.25) is 5.91 Å². The Hall–Kier alpha value is -3.11. The van der Waals surface area contributed by atoms with Crippen LogP contribution < -0.4 is 5.73 Å². The third kappa shape index (κ3) is 3.71. The van der Waals surface area contributed by atoms with E-state index in [9.17, 15) is 4.79 Å². The number of carbonyl (C=O) groups excluding carboxylic acids is 1. The highest BCUT2D eigenvalue weighted by molar-refractivity contribution is 6.30. The van der Waals surface area contributed by atoms with Crippen LogP contribution in [-0.2, 0) is 13.1 Å². The second-order valence-corrected chi connectivity index (χ2v) is 6.95. The van der Waals surface area contributed by atoms with Gasteiger partial charge in [0.15, 0.2) is 0 Å². The largest absolute Gasteiger partial charge is 0.367 e. The smallest absolute Gasteiger partial charge is 0.248 e.